The van der Waals surface area contributed by atoms with Gasteiger partial charge in [-0.25, -0.2) is 9.59 Å². The maximum atomic E-state index is 11.7. The van der Waals surface area contributed by atoms with Crippen molar-refractivity contribution in [2.45, 2.75) is 6.92 Å². The molecule has 0 bridgehead atoms. The highest BCUT2D eigenvalue weighted by Gasteiger charge is 2.15. The number of H-pyrrole nitrogens is 1. The van der Waals surface area contributed by atoms with Gasteiger partial charge in [0, 0.05) is 4.47 Å². The van der Waals surface area contributed by atoms with Crippen molar-refractivity contribution in [2.24, 2.45) is 0 Å². The number of benzene rings is 1. The number of hydrogen-bond donors (Lipinski definition) is 1. The molecule has 7 heteroatoms. The van der Waals surface area contributed by atoms with Crippen LogP contribution in [0.3, 0.4) is 0 Å². The Labute approximate surface area is 111 Å². The lowest BCUT2D eigenvalue weighted by molar-refractivity contribution is 0.0512. The van der Waals surface area contributed by atoms with E-state index >= 15 is 0 Å². The van der Waals surface area contributed by atoms with Crippen molar-refractivity contribution < 1.29 is 9.53 Å². The van der Waals surface area contributed by atoms with Crippen LogP contribution in [-0.2, 0) is 4.74 Å². The van der Waals surface area contributed by atoms with E-state index in [0.29, 0.717) is 10.2 Å². The van der Waals surface area contributed by atoms with Gasteiger partial charge in [0.2, 0.25) is 5.82 Å². The van der Waals surface area contributed by atoms with Crippen LogP contribution < -0.4 is 5.69 Å². The van der Waals surface area contributed by atoms with Gasteiger partial charge >= 0.3 is 11.7 Å². The third-order valence-electron chi connectivity index (χ3n) is 2.17. The number of rotatable bonds is 3. The number of para-hydroxylation sites is 1. The summed E-state index contributed by atoms with van der Waals surface area (Å²) < 4.78 is 6.58. The Hall–Kier alpha value is -1.89. The molecule has 0 aliphatic heterocycles. The highest BCUT2D eigenvalue weighted by Crippen LogP contribution is 2.18. The Balaban J connectivity index is 2.45. The number of aromatic amines is 1. The van der Waals surface area contributed by atoms with Gasteiger partial charge in [-0.2, -0.15) is 4.68 Å². The minimum Gasteiger partial charge on any atom is -0.460 e. The molecule has 6 nitrogen and oxygen atoms in total. The maximum absolute atomic E-state index is 11.7. The molecule has 0 radical (unpaired) electrons. The fraction of sp³-hybridized carbons (Fsp3) is 0.182. The zero-order valence-corrected chi connectivity index (χ0v) is 11.1. The lowest BCUT2D eigenvalue weighted by Crippen LogP contribution is -2.16. The smallest absolute Gasteiger partial charge is 0.376 e. The third kappa shape index (κ3) is 2.35. The van der Waals surface area contributed by atoms with Crippen LogP contribution in [0.2, 0.25) is 0 Å². The van der Waals surface area contributed by atoms with Crippen molar-refractivity contribution >= 4 is 21.9 Å². The first-order valence-corrected chi connectivity index (χ1v) is 6.04. The van der Waals surface area contributed by atoms with Crippen molar-refractivity contribution in [2.75, 3.05) is 6.61 Å². The molecule has 1 heterocycles. The van der Waals surface area contributed by atoms with E-state index in [0.717, 1.165) is 4.68 Å². The number of carbonyl (C=O) groups is 1. The average molecular weight is 312 g/mol. The van der Waals surface area contributed by atoms with E-state index in [2.05, 4.69) is 26.0 Å². The second-order valence-corrected chi connectivity index (χ2v) is 4.22. The van der Waals surface area contributed by atoms with Crippen molar-refractivity contribution in [1.82, 2.24) is 14.8 Å². The Morgan fingerprint density at radius 3 is 2.89 bits per heavy atom. The van der Waals surface area contributed by atoms with Gasteiger partial charge in [0.05, 0.1) is 12.3 Å². The largest absolute Gasteiger partial charge is 0.460 e. The zero-order chi connectivity index (χ0) is 13.1. The van der Waals surface area contributed by atoms with Crippen molar-refractivity contribution in [3.05, 3.63) is 45.0 Å². The van der Waals surface area contributed by atoms with Crippen LogP contribution in [0.5, 0.6) is 0 Å². The molecule has 0 saturated carbocycles. The van der Waals surface area contributed by atoms with Crippen LogP contribution in [0.15, 0.2) is 33.5 Å². The predicted molar refractivity (Wildman–Crippen MR) is 67.8 cm³/mol. The van der Waals surface area contributed by atoms with E-state index in [1.807, 2.05) is 6.07 Å². The molecule has 94 valence electrons. The molecule has 0 saturated heterocycles. The third-order valence-corrected chi connectivity index (χ3v) is 2.84. The normalized spacial score (nSPS) is 10.3. The molecule has 0 aliphatic rings. The molecule has 1 aromatic heterocycles. The number of esters is 1. The summed E-state index contributed by atoms with van der Waals surface area (Å²) in [6.45, 7) is 1.91. The first-order valence-electron chi connectivity index (χ1n) is 5.25. The summed E-state index contributed by atoms with van der Waals surface area (Å²) in [5, 5.41) is 3.90. The molecule has 0 atom stereocenters. The van der Waals surface area contributed by atoms with Gasteiger partial charge in [-0.1, -0.05) is 12.1 Å². The average Bonchev–Trinajstić information content (AvgIpc) is 2.72. The second-order valence-electron chi connectivity index (χ2n) is 3.36. The fourth-order valence-corrected chi connectivity index (χ4v) is 1.86. The number of nitrogens with one attached hydrogen (secondary N) is 1. The maximum Gasteiger partial charge on any atom is 0.376 e. The SMILES string of the molecule is CCOC(=O)c1nn(-c2ccccc2Br)c(=O)[nH]1. The molecule has 0 aliphatic carbocycles. The molecule has 2 rings (SSSR count). The Bertz CT molecular complexity index is 632. The first-order chi connectivity index (χ1) is 8.63. The molecular weight excluding hydrogens is 302 g/mol. The first kappa shape index (κ1) is 12.6. The number of hydrogen-bond acceptors (Lipinski definition) is 4. The lowest BCUT2D eigenvalue weighted by atomic mass is 10.3. The number of ether oxygens (including phenoxy) is 1. The molecule has 1 N–H and O–H groups in total. The summed E-state index contributed by atoms with van der Waals surface area (Å²) in [6.07, 6.45) is 0. The molecule has 0 fully saturated rings. The standard InChI is InChI=1S/C11H10BrN3O3/c1-2-18-10(16)9-13-11(17)15(14-9)8-6-4-3-5-7(8)12/h3-6H,2H2,1H3,(H,13,14,17). The van der Waals surface area contributed by atoms with Crippen molar-refractivity contribution in [3.63, 3.8) is 0 Å². The van der Waals surface area contributed by atoms with E-state index in [9.17, 15) is 9.59 Å². The summed E-state index contributed by atoms with van der Waals surface area (Å²) in [5.41, 5.74) is 0.0549. The van der Waals surface area contributed by atoms with Crippen LogP contribution in [0.4, 0.5) is 0 Å². The molecule has 18 heavy (non-hydrogen) atoms. The van der Waals surface area contributed by atoms with Crippen LogP contribution in [0, 0.1) is 0 Å². The van der Waals surface area contributed by atoms with Gasteiger partial charge in [-0.05, 0) is 35.0 Å². The van der Waals surface area contributed by atoms with Crippen LogP contribution in [0.25, 0.3) is 5.69 Å². The van der Waals surface area contributed by atoms with E-state index in [1.54, 1.807) is 25.1 Å². The highest BCUT2D eigenvalue weighted by molar-refractivity contribution is 9.10. The molecule has 0 amide bonds. The Morgan fingerprint density at radius 1 is 1.50 bits per heavy atom. The number of carbonyl (C=O) groups excluding carboxylic acids is 1. The Morgan fingerprint density at radius 2 is 2.22 bits per heavy atom. The van der Waals surface area contributed by atoms with E-state index in [4.69, 9.17) is 4.74 Å². The minimum atomic E-state index is -0.652. The second kappa shape index (κ2) is 5.18. The predicted octanol–water partition coefficient (Wildman–Crippen LogP) is 1.50. The molecule has 1 aromatic carbocycles. The van der Waals surface area contributed by atoms with E-state index in [1.165, 1.54) is 0 Å². The number of aromatic nitrogens is 3. The molecular formula is C11H10BrN3O3. The molecule has 0 unspecified atom stereocenters. The summed E-state index contributed by atoms with van der Waals surface area (Å²) >= 11 is 3.31. The van der Waals surface area contributed by atoms with Crippen LogP contribution in [0.1, 0.15) is 17.5 Å². The van der Waals surface area contributed by atoms with Crippen molar-refractivity contribution in [1.29, 1.82) is 0 Å². The van der Waals surface area contributed by atoms with Gasteiger partial charge in [0.15, 0.2) is 0 Å². The van der Waals surface area contributed by atoms with E-state index in [-0.39, 0.29) is 12.4 Å². The topological polar surface area (TPSA) is 77.0 Å². The quantitative estimate of drug-likeness (QED) is 0.871. The van der Waals surface area contributed by atoms with E-state index < -0.39 is 11.7 Å². The van der Waals surface area contributed by atoms with Gasteiger partial charge in [-0.15, -0.1) is 5.10 Å². The summed E-state index contributed by atoms with van der Waals surface area (Å²) in [6, 6.07) is 7.07. The Kier molecular flexibility index (Phi) is 3.61. The van der Waals surface area contributed by atoms with Crippen LogP contribution >= 0.6 is 15.9 Å². The van der Waals surface area contributed by atoms with Gasteiger partial charge < -0.3 is 4.74 Å². The van der Waals surface area contributed by atoms with Gasteiger partial charge in [0.1, 0.15) is 0 Å². The monoisotopic (exact) mass is 311 g/mol. The number of nitrogens with zero attached hydrogens (tertiary/aromatic N) is 2. The zero-order valence-electron chi connectivity index (χ0n) is 9.51. The van der Waals surface area contributed by atoms with Crippen molar-refractivity contribution in [3.8, 4) is 5.69 Å². The molecule has 2 aromatic rings. The molecule has 0 spiro atoms. The summed E-state index contributed by atoms with van der Waals surface area (Å²) in [5.74, 6) is -0.766. The van der Waals surface area contributed by atoms with Gasteiger partial charge in [0.25, 0.3) is 0 Å². The van der Waals surface area contributed by atoms with Crippen LogP contribution in [-0.4, -0.2) is 27.3 Å². The summed E-state index contributed by atoms with van der Waals surface area (Å²) in [7, 11) is 0. The number of halogens is 1. The lowest BCUT2D eigenvalue weighted by Gasteiger charge is -2.01. The fourth-order valence-electron chi connectivity index (χ4n) is 1.40. The minimum absolute atomic E-state index is 0.113. The summed E-state index contributed by atoms with van der Waals surface area (Å²) in [4.78, 5) is 25.5. The highest BCUT2D eigenvalue weighted by atomic mass is 79.9. The van der Waals surface area contributed by atoms with Gasteiger partial charge in [-0.3, -0.25) is 4.98 Å².